The van der Waals surface area contributed by atoms with Gasteiger partial charge in [-0.25, -0.2) is 12.8 Å². The van der Waals surface area contributed by atoms with Crippen molar-refractivity contribution in [3.63, 3.8) is 0 Å². The van der Waals surface area contributed by atoms with E-state index in [1.807, 2.05) is 37.4 Å². The third kappa shape index (κ3) is 3.29. The summed E-state index contributed by atoms with van der Waals surface area (Å²) in [6.45, 7) is 1.71. The summed E-state index contributed by atoms with van der Waals surface area (Å²) in [7, 11) is -1.68. The van der Waals surface area contributed by atoms with Gasteiger partial charge in [0.05, 0.1) is 10.9 Å². The van der Waals surface area contributed by atoms with Crippen LogP contribution in [0, 0.1) is 5.82 Å². The Balaban J connectivity index is 1.99. The molecule has 2 aromatic carbocycles. The van der Waals surface area contributed by atoms with E-state index in [-0.39, 0.29) is 10.9 Å². The number of hydrogen-bond donors (Lipinski definition) is 0. The van der Waals surface area contributed by atoms with Crippen LogP contribution in [0.5, 0.6) is 0 Å². The highest BCUT2D eigenvalue weighted by Gasteiger charge is 2.35. The minimum absolute atomic E-state index is 0.129. The lowest BCUT2D eigenvalue weighted by molar-refractivity contribution is 0.160. The van der Waals surface area contributed by atoms with Crippen LogP contribution < -0.4 is 0 Å². The summed E-state index contributed by atoms with van der Waals surface area (Å²) in [6.07, 6.45) is 0. The lowest BCUT2D eigenvalue weighted by Gasteiger charge is -2.39. The maximum Gasteiger partial charge on any atom is 0.243 e. The zero-order valence-corrected chi connectivity index (χ0v) is 13.7. The Kier molecular flexibility index (Phi) is 4.48. The van der Waals surface area contributed by atoms with Crippen LogP contribution in [0.15, 0.2) is 59.5 Å². The highest BCUT2D eigenvalue weighted by Crippen LogP contribution is 2.30. The molecule has 1 unspecified atom stereocenters. The van der Waals surface area contributed by atoms with Gasteiger partial charge in [-0.1, -0.05) is 30.3 Å². The fraction of sp³-hybridized carbons (Fsp3) is 0.294. The van der Waals surface area contributed by atoms with Crippen LogP contribution in [0.4, 0.5) is 4.39 Å². The molecule has 1 saturated heterocycles. The summed E-state index contributed by atoms with van der Waals surface area (Å²) < 4.78 is 40.6. The van der Waals surface area contributed by atoms with E-state index >= 15 is 0 Å². The number of piperazine rings is 1. The molecule has 122 valence electrons. The van der Waals surface area contributed by atoms with Crippen molar-refractivity contribution < 1.29 is 12.8 Å². The van der Waals surface area contributed by atoms with Gasteiger partial charge < -0.3 is 4.90 Å². The first kappa shape index (κ1) is 16.1. The Morgan fingerprint density at radius 1 is 1.00 bits per heavy atom. The van der Waals surface area contributed by atoms with Crippen molar-refractivity contribution in [2.75, 3.05) is 26.7 Å². The molecule has 23 heavy (non-hydrogen) atoms. The Labute approximate surface area is 136 Å². The Morgan fingerprint density at radius 3 is 2.30 bits per heavy atom. The quantitative estimate of drug-likeness (QED) is 0.866. The van der Waals surface area contributed by atoms with E-state index < -0.39 is 15.8 Å². The molecule has 0 radical (unpaired) electrons. The van der Waals surface area contributed by atoms with Gasteiger partial charge >= 0.3 is 0 Å². The topological polar surface area (TPSA) is 40.6 Å². The van der Waals surface area contributed by atoms with Crippen LogP contribution in [-0.4, -0.2) is 44.3 Å². The van der Waals surface area contributed by atoms with Gasteiger partial charge in [-0.2, -0.15) is 4.31 Å². The lowest BCUT2D eigenvalue weighted by Crippen LogP contribution is -2.49. The molecule has 0 N–H and O–H groups in total. The first-order valence-corrected chi connectivity index (χ1v) is 8.93. The second-order valence-corrected chi connectivity index (χ2v) is 7.65. The van der Waals surface area contributed by atoms with Gasteiger partial charge in [0, 0.05) is 19.6 Å². The number of likely N-dealkylation sites (N-methyl/N-ethyl adjacent to an activating group) is 1. The van der Waals surface area contributed by atoms with Crippen molar-refractivity contribution in [2.24, 2.45) is 0 Å². The van der Waals surface area contributed by atoms with Crippen LogP contribution in [0.1, 0.15) is 11.6 Å². The van der Waals surface area contributed by atoms with Gasteiger partial charge in [-0.15, -0.1) is 0 Å². The van der Waals surface area contributed by atoms with E-state index in [2.05, 4.69) is 4.90 Å². The fourth-order valence-corrected chi connectivity index (χ4v) is 4.48. The Morgan fingerprint density at radius 2 is 1.65 bits per heavy atom. The largest absolute Gasteiger partial charge is 0.303 e. The standard InChI is InChI=1S/C17H19FN2O2S/c1-19-11-12-20(17(13-19)14-5-3-2-4-6-14)23(21,22)16-9-7-15(18)8-10-16/h2-10,17H,11-13H2,1H3. The number of hydrogen-bond acceptors (Lipinski definition) is 3. The average molecular weight is 334 g/mol. The molecule has 1 fully saturated rings. The predicted octanol–water partition coefficient (Wildman–Crippen LogP) is 2.50. The smallest absolute Gasteiger partial charge is 0.243 e. The summed E-state index contributed by atoms with van der Waals surface area (Å²) in [6, 6.07) is 14.4. The molecular weight excluding hydrogens is 315 g/mol. The van der Waals surface area contributed by atoms with Crippen molar-refractivity contribution in [1.82, 2.24) is 9.21 Å². The van der Waals surface area contributed by atoms with Gasteiger partial charge in [0.2, 0.25) is 10.0 Å². The molecule has 0 aliphatic carbocycles. The van der Waals surface area contributed by atoms with Crippen LogP contribution in [0.25, 0.3) is 0 Å². The minimum atomic E-state index is -3.66. The molecule has 2 aromatic rings. The molecule has 0 bridgehead atoms. The van der Waals surface area contributed by atoms with Crippen molar-refractivity contribution in [1.29, 1.82) is 0 Å². The first-order chi connectivity index (χ1) is 11.0. The van der Waals surface area contributed by atoms with E-state index in [4.69, 9.17) is 0 Å². The number of rotatable bonds is 3. The molecule has 6 heteroatoms. The van der Waals surface area contributed by atoms with Crippen LogP contribution in [0.3, 0.4) is 0 Å². The summed E-state index contributed by atoms with van der Waals surface area (Å²) in [4.78, 5) is 2.25. The van der Waals surface area contributed by atoms with E-state index in [1.54, 1.807) is 0 Å². The normalized spacial score (nSPS) is 20.5. The molecule has 1 atom stereocenters. The molecule has 0 amide bonds. The zero-order chi connectivity index (χ0) is 16.4. The third-order valence-electron chi connectivity index (χ3n) is 4.14. The van der Waals surface area contributed by atoms with E-state index in [9.17, 15) is 12.8 Å². The minimum Gasteiger partial charge on any atom is -0.303 e. The van der Waals surface area contributed by atoms with E-state index in [1.165, 1.54) is 28.6 Å². The van der Waals surface area contributed by atoms with Gasteiger partial charge in [0.15, 0.2) is 0 Å². The monoisotopic (exact) mass is 334 g/mol. The van der Waals surface area contributed by atoms with Crippen LogP contribution >= 0.6 is 0 Å². The third-order valence-corrected chi connectivity index (χ3v) is 6.06. The zero-order valence-electron chi connectivity index (χ0n) is 12.9. The predicted molar refractivity (Wildman–Crippen MR) is 87.0 cm³/mol. The van der Waals surface area contributed by atoms with Crippen LogP contribution in [-0.2, 0) is 10.0 Å². The Hall–Kier alpha value is -1.76. The van der Waals surface area contributed by atoms with Gasteiger partial charge in [-0.3, -0.25) is 0 Å². The number of benzene rings is 2. The molecular formula is C17H19FN2O2S. The second kappa shape index (κ2) is 6.39. The molecule has 1 heterocycles. The van der Waals surface area contributed by atoms with Crippen molar-refractivity contribution in [3.05, 3.63) is 66.0 Å². The highest BCUT2D eigenvalue weighted by atomic mass is 32.2. The van der Waals surface area contributed by atoms with Gasteiger partial charge in [-0.05, 0) is 36.9 Å². The van der Waals surface area contributed by atoms with Crippen molar-refractivity contribution >= 4 is 10.0 Å². The van der Waals surface area contributed by atoms with Crippen molar-refractivity contribution in [3.8, 4) is 0 Å². The average Bonchev–Trinajstić information content (AvgIpc) is 2.56. The first-order valence-electron chi connectivity index (χ1n) is 7.49. The summed E-state index contributed by atoms with van der Waals surface area (Å²) in [5, 5.41) is 0. The highest BCUT2D eigenvalue weighted by molar-refractivity contribution is 7.89. The number of halogens is 1. The summed E-state index contributed by atoms with van der Waals surface area (Å²) in [5.74, 6) is -0.443. The van der Waals surface area contributed by atoms with Gasteiger partial charge in [0.25, 0.3) is 0 Å². The maximum atomic E-state index is 13.1. The van der Waals surface area contributed by atoms with Crippen molar-refractivity contribution in [2.45, 2.75) is 10.9 Å². The number of nitrogens with zero attached hydrogens (tertiary/aromatic N) is 2. The Bertz CT molecular complexity index is 763. The molecule has 4 nitrogen and oxygen atoms in total. The molecule has 0 saturated carbocycles. The molecule has 0 spiro atoms. The van der Waals surface area contributed by atoms with E-state index in [0.717, 1.165) is 5.56 Å². The summed E-state index contributed by atoms with van der Waals surface area (Å²) in [5.41, 5.74) is 0.963. The van der Waals surface area contributed by atoms with Gasteiger partial charge in [0.1, 0.15) is 5.82 Å². The molecule has 3 rings (SSSR count). The molecule has 1 aliphatic heterocycles. The lowest BCUT2D eigenvalue weighted by atomic mass is 10.1. The summed E-state index contributed by atoms with van der Waals surface area (Å²) >= 11 is 0. The fourth-order valence-electron chi connectivity index (χ4n) is 2.88. The molecule has 1 aliphatic rings. The second-order valence-electron chi connectivity index (χ2n) is 5.76. The SMILES string of the molecule is CN1CCN(S(=O)(=O)c2ccc(F)cc2)C(c2ccccc2)C1. The maximum absolute atomic E-state index is 13.1. The molecule has 0 aromatic heterocycles. The van der Waals surface area contributed by atoms with Crippen LogP contribution in [0.2, 0.25) is 0 Å². The van der Waals surface area contributed by atoms with E-state index in [0.29, 0.717) is 19.6 Å². The number of sulfonamides is 1.